The molecular weight excluding hydrogens is 280 g/mol. The van der Waals surface area contributed by atoms with Gasteiger partial charge in [0.1, 0.15) is 5.01 Å². The van der Waals surface area contributed by atoms with Crippen molar-refractivity contribution >= 4 is 33.2 Å². The topological polar surface area (TPSA) is 50.2 Å². The zero-order chi connectivity index (χ0) is 10.7. The second kappa shape index (κ2) is 4.79. The van der Waals surface area contributed by atoms with Crippen molar-refractivity contribution < 1.29 is 18.7 Å². The molecule has 1 N–H and O–H groups in total. The molecule has 0 aliphatic heterocycles. The van der Waals surface area contributed by atoms with Crippen molar-refractivity contribution in [2.24, 2.45) is 0 Å². The van der Waals surface area contributed by atoms with Crippen molar-refractivity contribution in [2.75, 3.05) is 0 Å². The van der Waals surface area contributed by atoms with Gasteiger partial charge in [-0.3, -0.25) is 4.79 Å². The minimum atomic E-state index is -2.70. The fourth-order valence-corrected chi connectivity index (χ4v) is 2.26. The molecule has 0 aromatic carbocycles. The van der Waals surface area contributed by atoms with E-state index in [4.69, 9.17) is 5.11 Å². The lowest BCUT2D eigenvalue weighted by molar-refractivity contribution is -0.138. The molecule has 0 aliphatic rings. The average Bonchev–Trinajstić information content (AvgIpc) is 2.46. The molecule has 7 heteroatoms. The molecule has 0 aliphatic carbocycles. The van der Waals surface area contributed by atoms with E-state index in [1.54, 1.807) is 0 Å². The summed E-state index contributed by atoms with van der Waals surface area (Å²) in [5, 5.41) is 8.58. The Hall–Kier alpha value is -0.560. The predicted octanol–water partition coefficient (Wildman–Crippen LogP) is 2.73. The lowest BCUT2D eigenvalue weighted by atomic mass is 10.1. The lowest BCUT2D eigenvalue weighted by Gasteiger charge is -2.09. The molecule has 1 aromatic rings. The molecule has 1 unspecified atom stereocenters. The third-order valence-electron chi connectivity index (χ3n) is 1.51. The molecule has 1 aromatic heterocycles. The van der Waals surface area contributed by atoms with Gasteiger partial charge >= 0.3 is 5.97 Å². The van der Waals surface area contributed by atoms with Gasteiger partial charge in [-0.25, -0.2) is 13.8 Å². The van der Waals surface area contributed by atoms with Gasteiger partial charge in [-0.05, 0) is 15.9 Å². The first-order valence-electron chi connectivity index (χ1n) is 3.62. The predicted molar refractivity (Wildman–Crippen MR) is 50.8 cm³/mol. The zero-order valence-electron chi connectivity index (χ0n) is 6.78. The first-order chi connectivity index (χ1) is 6.50. The summed E-state index contributed by atoms with van der Waals surface area (Å²) in [6, 6.07) is 0. The summed E-state index contributed by atoms with van der Waals surface area (Å²) in [5.41, 5.74) is 0. The SMILES string of the molecule is O=C(O)CC(c1ncc(Br)s1)C(F)F. The number of nitrogens with zero attached hydrogens (tertiary/aromatic N) is 1. The van der Waals surface area contributed by atoms with E-state index in [0.717, 1.165) is 11.3 Å². The Labute approximate surface area is 90.9 Å². The van der Waals surface area contributed by atoms with E-state index in [1.165, 1.54) is 6.20 Å². The van der Waals surface area contributed by atoms with Crippen molar-refractivity contribution in [1.82, 2.24) is 4.98 Å². The van der Waals surface area contributed by atoms with Gasteiger partial charge in [-0.1, -0.05) is 0 Å². The summed E-state index contributed by atoms with van der Waals surface area (Å²) in [4.78, 5) is 14.0. The van der Waals surface area contributed by atoms with Gasteiger partial charge in [0.2, 0.25) is 6.43 Å². The van der Waals surface area contributed by atoms with Crippen molar-refractivity contribution in [3.8, 4) is 0 Å². The van der Waals surface area contributed by atoms with Gasteiger partial charge in [-0.2, -0.15) is 0 Å². The van der Waals surface area contributed by atoms with E-state index in [1.807, 2.05) is 0 Å². The van der Waals surface area contributed by atoms with Crippen LogP contribution in [0.2, 0.25) is 0 Å². The first kappa shape index (κ1) is 11.5. The van der Waals surface area contributed by atoms with Crippen LogP contribution in [0.15, 0.2) is 9.98 Å². The smallest absolute Gasteiger partial charge is 0.304 e. The Morgan fingerprint density at radius 2 is 2.36 bits per heavy atom. The Morgan fingerprint density at radius 3 is 2.71 bits per heavy atom. The number of hydrogen-bond acceptors (Lipinski definition) is 3. The third kappa shape index (κ3) is 2.98. The molecule has 0 saturated carbocycles. The van der Waals surface area contributed by atoms with Gasteiger partial charge in [0.25, 0.3) is 0 Å². The van der Waals surface area contributed by atoms with Crippen LogP contribution in [0.3, 0.4) is 0 Å². The van der Waals surface area contributed by atoms with E-state index < -0.39 is 24.7 Å². The summed E-state index contributed by atoms with van der Waals surface area (Å²) in [7, 11) is 0. The summed E-state index contributed by atoms with van der Waals surface area (Å²) in [6.07, 6.45) is -1.92. The molecule has 1 heterocycles. The van der Waals surface area contributed by atoms with Crippen LogP contribution in [0.4, 0.5) is 8.78 Å². The Bertz CT molecular complexity index is 331. The summed E-state index contributed by atoms with van der Waals surface area (Å²) >= 11 is 4.11. The number of alkyl halides is 2. The molecule has 0 radical (unpaired) electrons. The lowest BCUT2D eigenvalue weighted by Crippen LogP contribution is -2.13. The minimum absolute atomic E-state index is 0.147. The number of aromatic nitrogens is 1. The number of thiazole rings is 1. The number of rotatable bonds is 4. The summed E-state index contributed by atoms with van der Waals surface area (Å²) in [5.74, 6) is -2.56. The highest BCUT2D eigenvalue weighted by Crippen LogP contribution is 2.32. The number of carbonyl (C=O) groups is 1. The van der Waals surface area contributed by atoms with E-state index in [-0.39, 0.29) is 5.01 Å². The first-order valence-corrected chi connectivity index (χ1v) is 5.23. The number of carboxylic acids is 1. The van der Waals surface area contributed by atoms with Crippen LogP contribution in [-0.4, -0.2) is 22.5 Å². The molecule has 78 valence electrons. The van der Waals surface area contributed by atoms with Crippen LogP contribution in [-0.2, 0) is 4.79 Å². The molecule has 1 rings (SSSR count). The Kier molecular flexibility index (Phi) is 3.94. The monoisotopic (exact) mass is 285 g/mol. The van der Waals surface area contributed by atoms with Crippen LogP contribution < -0.4 is 0 Å². The third-order valence-corrected chi connectivity index (χ3v) is 3.12. The molecule has 1 atom stereocenters. The van der Waals surface area contributed by atoms with Crippen molar-refractivity contribution in [1.29, 1.82) is 0 Å². The number of carboxylic acid groups (broad SMARTS) is 1. The standard InChI is InChI=1S/C7H6BrF2NO2S/c8-4-2-11-7(14-4)3(6(9)10)1-5(12)13/h2-3,6H,1H2,(H,12,13). The molecule has 0 bridgehead atoms. The van der Waals surface area contributed by atoms with Crippen LogP contribution in [0.5, 0.6) is 0 Å². The fraction of sp³-hybridized carbons (Fsp3) is 0.429. The van der Waals surface area contributed by atoms with Crippen LogP contribution in [0.25, 0.3) is 0 Å². The maximum atomic E-state index is 12.4. The second-order valence-corrected chi connectivity index (χ2v) is 4.98. The maximum Gasteiger partial charge on any atom is 0.304 e. The normalized spacial score (nSPS) is 13.1. The van der Waals surface area contributed by atoms with Gasteiger partial charge < -0.3 is 5.11 Å². The molecule has 0 saturated heterocycles. The molecule has 0 amide bonds. The minimum Gasteiger partial charge on any atom is -0.481 e. The molecule has 3 nitrogen and oxygen atoms in total. The van der Waals surface area contributed by atoms with Crippen molar-refractivity contribution in [2.45, 2.75) is 18.8 Å². The summed E-state index contributed by atoms with van der Waals surface area (Å²) in [6.45, 7) is 0. The molecular formula is C7H6BrF2NO2S. The highest BCUT2D eigenvalue weighted by molar-refractivity contribution is 9.11. The van der Waals surface area contributed by atoms with Crippen LogP contribution in [0, 0.1) is 0 Å². The Balaban J connectivity index is 2.82. The maximum absolute atomic E-state index is 12.4. The van der Waals surface area contributed by atoms with E-state index in [0.29, 0.717) is 3.79 Å². The highest BCUT2D eigenvalue weighted by Gasteiger charge is 2.27. The summed E-state index contributed by atoms with van der Waals surface area (Å²) < 4.78 is 25.5. The fourth-order valence-electron chi connectivity index (χ4n) is 0.911. The average molecular weight is 286 g/mol. The van der Waals surface area contributed by atoms with Gasteiger partial charge in [0.05, 0.1) is 22.3 Å². The quantitative estimate of drug-likeness (QED) is 0.925. The van der Waals surface area contributed by atoms with Crippen LogP contribution in [0.1, 0.15) is 17.3 Å². The van der Waals surface area contributed by atoms with Crippen molar-refractivity contribution in [3.05, 3.63) is 15.0 Å². The number of halogens is 3. The van der Waals surface area contributed by atoms with E-state index in [2.05, 4.69) is 20.9 Å². The molecule has 0 fully saturated rings. The van der Waals surface area contributed by atoms with Gasteiger partial charge in [0.15, 0.2) is 0 Å². The highest BCUT2D eigenvalue weighted by atomic mass is 79.9. The largest absolute Gasteiger partial charge is 0.481 e. The second-order valence-electron chi connectivity index (χ2n) is 2.54. The number of aliphatic carboxylic acids is 1. The van der Waals surface area contributed by atoms with E-state index >= 15 is 0 Å². The van der Waals surface area contributed by atoms with Crippen LogP contribution >= 0.6 is 27.3 Å². The number of hydrogen-bond donors (Lipinski definition) is 1. The van der Waals surface area contributed by atoms with Crippen molar-refractivity contribution in [3.63, 3.8) is 0 Å². The van der Waals surface area contributed by atoms with Gasteiger partial charge in [0, 0.05) is 0 Å². The zero-order valence-corrected chi connectivity index (χ0v) is 9.19. The van der Waals surface area contributed by atoms with E-state index in [9.17, 15) is 13.6 Å². The Morgan fingerprint density at radius 1 is 1.71 bits per heavy atom. The molecule has 0 spiro atoms. The van der Waals surface area contributed by atoms with Gasteiger partial charge in [-0.15, -0.1) is 11.3 Å². The molecule has 14 heavy (non-hydrogen) atoms.